The summed E-state index contributed by atoms with van der Waals surface area (Å²) in [5.41, 5.74) is 0.929. The molecule has 2 heterocycles. The average Bonchev–Trinajstić information content (AvgIpc) is 3.17. The Bertz CT molecular complexity index is 893. The molecule has 0 atom stereocenters. The van der Waals surface area contributed by atoms with Gasteiger partial charge in [-0.3, -0.25) is 14.9 Å². The first-order valence-corrected chi connectivity index (χ1v) is 7.87. The van der Waals surface area contributed by atoms with E-state index in [-0.39, 0.29) is 24.6 Å². The fraction of sp³-hybridized carbons (Fsp3) is 0.118. The molecule has 0 aliphatic heterocycles. The number of nitrogens with zero attached hydrogens (tertiary/aromatic N) is 4. The molecule has 0 aliphatic rings. The summed E-state index contributed by atoms with van der Waals surface area (Å²) in [5.74, 6) is 0.427. The summed E-state index contributed by atoms with van der Waals surface area (Å²) in [5, 5.41) is 20.7. The number of amides is 1. The molecule has 0 saturated carbocycles. The fourth-order valence-electron chi connectivity index (χ4n) is 2.32. The predicted octanol–water partition coefficient (Wildman–Crippen LogP) is 2.62. The number of hydrogen-bond acceptors (Lipinski definition) is 6. The molecule has 0 saturated heterocycles. The highest BCUT2D eigenvalue weighted by atomic mass is 16.6. The van der Waals surface area contributed by atoms with Crippen LogP contribution in [-0.4, -0.2) is 32.1 Å². The van der Waals surface area contributed by atoms with E-state index in [0.29, 0.717) is 17.2 Å². The van der Waals surface area contributed by atoms with E-state index in [4.69, 9.17) is 0 Å². The lowest BCUT2D eigenvalue weighted by molar-refractivity contribution is -0.384. The zero-order valence-electron chi connectivity index (χ0n) is 13.7. The number of anilines is 2. The lowest BCUT2D eigenvalue weighted by atomic mass is 10.2. The minimum absolute atomic E-state index is 0.0219. The van der Waals surface area contributed by atoms with Gasteiger partial charge in [-0.25, -0.2) is 9.67 Å². The van der Waals surface area contributed by atoms with Gasteiger partial charge in [-0.05, 0) is 24.3 Å². The first-order chi connectivity index (χ1) is 12.6. The number of benzene rings is 1. The van der Waals surface area contributed by atoms with Crippen LogP contribution in [0.25, 0.3) is 5.82 Å². The minimum atomic E-state index is -0.463. The first-order valence-electron chi connectivity index (χ1n) is 7.87. The summed E-state index contributed by atoms with van der Waals surface area (Å²) in [4.78, 5) is 26.7. The van der Waals surface area contributed by atoms with Crippen LogP contribution in [0.3, 0.4) is 0 Å². The second kappa shape index (κ2) is 7.88. The van der Waals surface area contributed by atoms with Gasteiger partial charge in [0.2, 0.25) is 5.91 Å². The smallest absolute Gasteiger partial charge is 0.292 e. The molecule has 3 rings (SSSR count). The molecule has 9 nitrogen and oxygen atoms in total. The number of aromatic nitrogens is 3. The Hall–Kier alpha value is -3.75. The van der Waals surface area contributed by atoms with Crippen LogP contribution in [0, 0.1) is 10.1 Å². The van der Waals surface area contributed by atoms with Crippen LogP contribution in [0.1, 0.15) is 6.42 Å². The van der Waals surface area contributed by atoms with Gasteiger partial charge in [0.1, 0.15) is 5.69 Å². The Morgan fingerprint density at radius 2 is 2.04 bits per heavy atom. The van der Waals surface area contributed by atoms with Crippen molar-refractivity contribution in [2.24, 2.45) is 0 Å². The maximum absolute atomic E-state index is 12.0. The van der Waals surface area contributed by atoms with Gasteiger partial charge in [0, 0.05) is 31.4 Å². The van der Waals surface area contributed by atoms with E-state index in [2.05, 4.69) is 20.7 Å². The van der Waals surface area contributed by atoms with E-state index in [1.165, 1.54) is 6.07 Å². The highest BCUT2D eigenvalue weighted by Gasteiger charge is 2.12. The van der Waals surface area contributed by atoms with E-state index in [0.717, 1.165) is 0 Å². The number of carbonyl (C=O) groups excluding carboxylic acids is 1. The van der Waals surface area contributed by atoms with Gasteiger partial charge in [-0.1, -0.05) is 12.1 Å². The molecule has 0 radical (unpaired) electrons. The molecule has 1 amide bonds. The van der Waals surface area contributed by atoms with Crippen molar-refractivity contribution in [1.29, 1.82) is 0 Å². The van der Waals surface area contributed by atoms with Crippen LogP contribution in [0.4, 0.5) is 17.1 Å². The molecule has 2 aromatic heterocycles. The number of hydrogen-bond donors (Lipinski definition) is 2. The predicted molar refractivity (Wildman–Crippen MR) is 96.2 cm³/mol. The monoisotopic (exact) mass is 352 g/mol. The summed E-state index contributed by atoms with van der Waals surface area (Å²) in [6.07, 6.45) is 5.13. The zero-order chi connectivity index (χ0) is 18.4. The molecule has 132 valence electrons. The van der Waals surface area contributed by atoms with Crippen molar-refractivity contribution in [2.75, 3.05) is 17.2 Å². The third kappa shape index (κ3) is 4.20. The third-order valence-electron chi connectivity index (χ3n) is 3.54. The average molecular weight is 352 g/mol. The van der Waals surface area contributed by atoms with Gasteiger partial charge in [-0.2, -0.15) is 5.10 Å². The highest BCUT2D eigenvalue weighted by Crippen LogP contribution is 2.22. The first kappa shape index (κ1) is 17.1. The molecule has 2 N–H and O–H groups in total. The van der Waals surface area contributed by atoms with E-state index >= 15 is 0 Å². The zero-order valence-corrected chi connectivity index (χ0v) is 13.7. The molecular weight excluding hydrogens is 336 g/mol. The largest absolute Gasteiger partial charge is 0.379 e. The van der Waals surface area contributed by atoms with Gasteiger partial charge in [0.15, 0.2) is 5.82 Å². The molecule has 1 aromatic carbocycles. The Kier molecular flexibility index (Phi) is 5.18. The molecular formula is C17H16N6O3. The van der Waals surface area contributed by atoms with Gasteiger partial charge in [0.25, 0.3) is 5.69 Å². The standard InChI is InChI=1S/C17H16N6O3/c24-17(8-10-18-14-4-1-2-5-15(14)23(25)26)21-13-6-7-16(19-12-13)22-11-3-9-20-22/h1-7,9,11-12,18H,8,10H2,(H,21,24). The van der Waals surface area contributed by atoms with E-state index in [9.17, 15) is 14.9 Å². The van der Waals surface area contributed by atoms with Gasteiger partial charge < -0.3 is 10.6 Å². The van der Waals surface area contributed by atoms with Crippen molar-refractivity contribution in [3.63, 3.8) is 0 Å². The van der Waals surface area contributed by atoms with Crippen LogP contribution in [0.2, 0.25) is 0 Å². The Morgan fingerprint density at radius 3 is 2.73 bits per heavy atom. The number of pyridine rings is 1. The van der Waals surface area contributed by atoms with E-state index in [1.54, 1.807) is 59.7 Å². The van der Waals surface area contributed by atoms with Crippen molar-refractivity contribution in [1.82, 2.24) is 14.8 Å². The van der Waals surface area contributed by atoms with Crippen molar-refractivity contribution in [3.8, 4) is 5.82 Å². The van der Waals surface area contributed by atoms with Crippen molar-refractivity contribution in [2.45, 2.75) is 6.42 Å². The van der Waals surface area contributed by atoms with Crippen LogP contribution in [0.15, 0.2) is 61.1 Å². The second-order valence-electron chi connectivity index (χ2n) is 5.35. The normalized spacial score (nSPS) is 10.3. The SMILES string of the molecule is O=C(CCNc1ccccc1[N+](=O)[O-])Nc1ccc(-n2cccn2)nc1. The summed E-state index contributed by atoms with van der Waals surface area (Å²) in [6.45, 7) is 0.273. The Morgan fingerprint density at radius 1 is 1.19 bits per heavy atom. The van der Waals surface area contributed by atoms with Crippen molar-refractivity contribution < 1.29 is 9.72 Å². The number of nitro benzene ring substituents is 1. The lowest BCUT2D eigenvalue weighted by Crippen LogP contribution is -2.16. The van der Waals surface area contributed by atoms with E-state index in [1.807, 2.05) is 0 Å². The van der Waals surface area contributed by atoms with Crippen LogP contribution in [-0.2, 0) is 4.79 Å². The number of nitrogens with one attached hydrogen (secondary N) is 2. The van der Waals surface area contributed by atoms with Crippen LogP contribution >= 0.6 is 0 Å². The quantitative estimate of drug-likeness (QED) is 0.499. The maximum atomic E-state index is 12.0. The number of carbonyl (C=O) groups is 1. The topological polar surface area (TPSA) is 115 Å². The third-order valence-corrected chi connectivity index (χ3v) is 3.54. The molecule has 0 fully saturated rings. The van der Waals surface area contributed by atoms with Crippen molar-refractivity contribution >= 4 is 23.0 Å². The number of nitro groups is 1. The molecule has 3 aromatic rings. The molecule has 0 spiro atoms. The molecule has 0 aliphatic carbocycles. The summed E-state index contributed by atoms with van der Waals surface area (Å²) in [6, 6.07) is 11.6. The Balaban J connectivity index is 1.51. The molecule has 0 bridgehead atoms. The summed E-state index contributed by atoms with van der Waals surface area (Å²) >= 11 is 0. The van der Waals surface area contributed by atoms with Crippen LogP contribution in [0.5, 0.6) is 0 Å². The Labute approximate surface area is 148 Å². The molecule has 9 heteroatoms. The highest BCUT2D eigenvalue weighted by molar-refractivity contribution is 5.90. The number of rotatable bonds is 7. The van der Waals surface area contributed by atoms with E-state index < -0.39 is 4.92 Å². The van der Waals surface area contributed by atoms with Gasteiger partial charge in [0.05, 0.1) is 16.8 Å². The fourth-order valence-corrected chi connectivity index (χ4v) is 2.32. The minimum Gasteiger partial charge on any atom is -0.379 e. The molecule has 0 unspecified atom stereocenters. The maximum Gasteiger partial charge on any atom is 0.292 e. The van der Waals surface area contributed by atoms with Gasteiger partial charge >= 0.3 is 0 Å². The summed E-state index contributed by atoms with van der Waals surface area (Å²) < 4.78 is 1.61. The second-order valence-corrected chi connectivity index (χ2v) is 5.35. The van der Waals surface area contributed by atoms with Crippen molar-refractivity contribution in [3.05, 3.63) is 71.2 Å². The lowest BCUT2D eigenvalue weighted by Gasteiger charge is -2.08. The summed E-state index contributed by atoms with van der Waals surface area (Å²) in [7, 11) is 0. The number of para-hydroxylation sites is 2. The van der Waals surface area contributed by atoms with Crippen LogP contribution < -0.4 is 10.6 Å². The molecule has 26 heavy (non-hydrogen) atoms. The van der Waals surface area contributed by atoms with Gasteiger partial charge in [-0.15, -0.1) is 0 Å².